The first kappa shape index (κ1) is 10.5. The minimum absolute atomic E-state index is 0.0957. The van der Waals surface area contributed by atoms with Gasteiger partial charge in [0.15, 0.2) is 0 Å². The fourth-order valence-corrected chi connectivity index (χ4v) is 2.04. The van der Waals surface area contributed by atoms with Crippen LogP contribution in [0.4, 0.5) is 0 Å². The van der Waals surface area contributed by atoms with Crippen molar-refractivity contribution in [3.8, 4) is 0 Å². The van der Waals surface area contributed by atoms with Crippen molar-refractivity contribution < 1.29 is 4.80 Å². The van der Waals surface area contributed by atoms with Crippen LogP contribution in [-0.4, -0.2) is 14.6 Å². The largest absolute Gasteiger partial charge is 0.428 e. The summed E-state index contributed by atoms with van der Waals surface area (Å²) in [6.07, 6.45) is 0. The summed E-state index contributed by atoms with van der Waals surface area (Å²) in [6, 6.07) is 6.15. The Balaban J connectivity index is 3.24. The molecule has 0 spiro atoms. The summed E-state index contributed by atoms with van der Waals surface area (Å²) < 4.78 is 0. The second kappa shape index (κ2) is 3.64. The molecule has 0 saturated carbocycles. The number of hydrogen-bond acceptors (Lipinski definition) is 1. The van der Waals surface area contributed by atoms with Gasteiger partial charge in [0.2, 0.25) is 0 Å². The molecule has 1 aromatic carbocycles. The Kier molecular flexibility index (Phi) is 2.93. The van der Waals surface area contributed by atoms with E-state index in [1.807, 2.05) is 12.1 Å². The lowest BCUT2D eigenvalue weighted by molar-refractivity contribution is 0.585. The molecule has 1 nitrogen and oxygen atoms in total. The molecule has 0 unspecified atom stereocenters. The van der Waals surface area contributed by atoms with Gasteiger partial charge in [-0.15, -0.1) is 0 Å². The highest BCUT2D eigenvalue weighted by molar-refractivity contribution is 6.46. The lowest BCUT2D eigenvalue weighted by atomic mass is 9.84. The van der Waals surface area contributed by atoms with Crippen molar-refractivity contribution in [3.05, 3.63) is 29.3 Å². The molecule has 2 heteroatoms. The van der Waals surface area contributed by atoms with E-state index in [2.05, 4.69) is 33.8 Å². The molecule has 0 aliphatic rings. The highest BCUT2D eigenvalue weighted by Crippen LogP contribution is 2.23. The average Bonchev–Trinajstić information content (AvgIpc) is 2.02. The minimum Gasteiger partial charge on any atom is -0.428 e. The van der Waals surface area contributed by atoms with E-state index in [0.717, 1.165) is 5.19 Å². The fourth-order valence-electron chi connectivity index (χ4n) is 1.57. The Morgan fingerprint density at radius 2 is 1.85 bits per heavy atom. The van der Waals surface area contributed by atoms with Crippen LogP contribution in [0.1, 0.15) is 31.9 Å². The van der Waals surface area contributed by atoms with Crippen molar-refractivity contribution in [2.75, 3.05) is 0 Å². The lowest BCUT2D eigenvalue weighted by Crippen LogP contribution is -2.23. The third-order valence-corrected chi connectivity index (χ3v) is 3.04. The summed E-state index contributed by atoms with van der Waals surface area (Å²) in [4.78, 5) is 9.14. The molecule has 0 aliphatic carbocycles. The SMILES string of the molecule is Cc1c([Si]O)cccc1C(C)(C)C. The lowest BCUT2D eigenvalue weighted by Gasteiger charge is -2.22. The number of benzene rings is 1. The molecule has 0 atom stereocenters. The zero-order chi connectivity index (χ0) is 10.1. The van der Waals surface area contributed by atoms with Gasteiger partial charge >= 0.3 is 0 Å². The quantitative estimate of drug-likeness (QED) is 0.669. The minimum atomic E-state index is -0.0957. The van der Waals surface area contributed by atoms with Crippen LogP contribution < -0.4 is 5.19 Å². The maximum atomic E-state index is 9.14. The molecule has 0 bridgehead atoms. The first-order valence-electron chi connectivity index (χ1n) is 4.47. The first-order valence-corrected chi connectivity index (χ1v) is 5.41. The van der Waals surface area contributed by atoms with E-state index in [1.54, 1.807) is 0 Å². The van der Waals surface area contributed by atoms with Crippen molar-refractivity contribution in [3.63, 3.8) is 0 Å². The summed E-state index contributed by atoms with van der Waals surface area (Å²) in [5.41, 5.74) is 2.72. The predicted molar refractivity (Wildman–Crippen MR) is 57.5 cm³/mol. The molecule has 13 heavy (non-hydrogen) atoms. The van der Waals surface area contributed by atoms with Crippen LogP contribution in [0.15, 0.2) is 18.2 Å². The Labute approximate surface area is 82.7 Å². The van der Waals surface area contributed by atoms with Crippen LogP contribution in [0.25, 0.3) is 0 Å². The second-order valence-corrected chi connectivity index (χ2v) is 5.10. The topological polar surface area (TPSA) is 20.2 Å². The summed E-state index contributed by atoms with van der Waals surface area (Å²) >= 11 is 0. The van der Waals surface area contributed by atoms with Crippen LogP contribution in [0, 0.1) is 6.92 Å². The average molecular weight is 192 g/mol. The molecular weight excluding hydrogens is 176 g/mol. The molecule has 1 N–H and O–H groups in total. The molecule has 0 aliphatic heterocycles. The van der Waals surface area contributed by atoms with E-state index in [9.17, 15) is 0 Å². The van der Waals surface area contributed by atoms with Crippen LogP contribution >= 0.6 is 0 Å². The van der Waals surface area contributed by atoms with Crippen LogP contribution in [0.3, 0.4) is 0 Å². The van der Waals surface area contributed by atoms with Crippen molar-refractivity contribution in [1.29, 1.82) is 0 Å². The van der Waals surface area contributed by atoms with Gasteiger partial charge in [0.1, 0.15) is 0 Å². The van der Waals surface area contributed by atoms with Crippen LogP contribution in [0.2, 0.25) is 0 Å². The number of rotatable bonds is 1. The van der Waals surface area contributed by atoms with Gasteiger partial charge in [-0.2, -0.15) is 0 Å². The van der Waals surface area contributed by atoms with Gasteiger partial charge in [0.05, 0.1) is 0 Å². The zero-order valence-electron chi connectivity index (χ0n) is 8.68. The molecule has 2 radical (unpaired) electrons. The highest BCUT2D eigenvalue weighted by Gasteiger charge is 2.17. The van der Waals surface area contributed by atoms with Gasteiger partial charge in [0.25, 0.3) is 9.76 Å². The molecule has 70 valence electrons. The van der Waals surface area contributed by atoms with E-state index in [1.165, 1.54) is 11.1 Å². The molecule has 0 saturated heterocycles. The highest BCUT2D eigenvalue weighted by atomic mass is 28.2. The van der Waals surface area contributed by atoms with Crippen molar-refractivity contribution in [2.24, 2.45) is 0 Å². The summed E-state index contributed by atoms with van der Waals surface area (Å²) in [5, 5.41) is 1.06. The van der Waals surface area contributed by atoms with Crippen LogP contribution in [0.5, 0.6) is 0 Å². The second-order valence-electron chi connectivity index (χ2n) is 4.34. The van der Waals surface area contributed by atoms with Gasteiger partial charge in [-0.1, -0.05) is 39.0 Å². The fraction of sp³-hybridized carbons (Fsp3) is 0.455. The van der Waals surface area contributed by atoms with Crippen LogP contribution in [-0.2, 0) is 5.41 Å². The maximum absolute atomic E-state index is 9.14. The molecule has 1 aromatic rings. The summed E-state index contributed by atoms with van der Waals surface area (Å²) in [7, 11) is -0.0957. The third kappa shape index (κ3) is 2.20. The molecule has 0 aromatic heterocycles. The zero-order valence-corrected chi connectivity index (χ0v) is 9.68. The summed E-state index contributed by atoms with van der Waals surface area (Å²) in [5.74, 6) is 0. The Hall–Kier alpha value is -0.603. The van der Waals surface area contributed by atoms with Gasteiger partial charge in [0, 0.05) is 0 Å². The number of hydrogen-bond donors (Lipinski definition) is 1. The van der Waals surface area contributed by atoms with Crippen molar-refractivity contribution in [2.45, 2.75) is 33.1 Å². The normalized spacial score (nSPS) is 11.8. The molecule has 0 amide bonds. The van der Waals surface area contributed by atoms with Crippen molar-refractivity contribution in [1.82, 2.24) is 0 Å². The smallest absolute Gasteiger partial charge is 0.265 e. The monoisotopic (exact) mass is 192 g/mol. The molecule has 0 fully saturated rings. The first-order chi connectivity index (χ1) is 5.96. The third-order valence-electron chi connectivity index (χ3n) is 2.26. The van der Waals surface area contributed by atoms with E-state index >= 15 is 0 Å². The molecular formula is C11H16OSi. The summed E-state index contributed by atoms with van der Waals surface area (Å²) in [6.45, 7) is 8.66. The van der Waals surface area contributed by atoms with Gasteiger partial charge in [-0.3, -0.25) is 0 Å². The predicted octanol–water partition coefficient (Wildman–Crippen LogP) is 1.53. The maximum Gasteiger partial charge on any atom is 0.265 e. The standard InChI is InChI=1S/C11H16OSi/c1-8-9(11(2,3)4)6-5-7-10(8)13-12/h5-7,12H,1-4H3. The van der Waals surface area contributed by atoms with E-state index in [-0.39, 0.29) is 15.2 Å². The van der Waals surface area contributed by atoms with E-state index in [4.69, 9.17) is 4.80 Å². The van der Waals surface area contributed by atoms with Gasteiger partial charge < -0.3 is 4.80 Å². The van der Waals surface area contributed by atoms with E-state index in [0.29, 0.717) is 0 Å². The van der Waals surface area contributed by atoms with E-state index < -0.39 is 0 Å². The van der Waals surface area contributed by atoms with Gasteiger partial charge in [-0.05, 0) is 28.7 Å². The molecule has 1 rings (SSSR count). The van der Waals surface area contributed by atoms with Gasteiger partial charge in [-0.25, -0.2) is 0 Å². The Morgan fingerprint density at radius 1 is 1.23 bits per heavy atom. The Bertz CT molecular complexity index is 299. The Morgan fingerprint density at radius 3 is 2.31 bits per heavy atom. The molecule has 0 heterocycles. The van der Waals surface area contributed by atoms with Crippen molar-refractivity contribution >= 4 is 14.9 Å².